The lowest BCUT2D eigenvalue weighted by Gasteiger charge is -2.17. The number of nitrogens with zero attached hydrogens (tertiary/aromatic N) is 2. The number of carbonyl (C=O) groups excluding carboxylic acids is 1. The van der Waals surface area contributed by atoms with Gasteiger partial charge < -0.3 is 19.5 Å². The minimum Gasteiger partial charge on any atom is -0.457 e. The summed E-state index contributed by atoms with van der Waals surface area (Å²) in [5.74, 6) is 1.62. The molecule has 0 saturated carbocycles. The van der Waals surface area contributed by atoms with Crippen LogP contribution in [0.2, 0.25) is 0 Å². The predicted molar refractivity (Wildman–Crippen MR) is 147 cm³/mol. The van der Waals surface area contributed by atoms with Crippen LogP contribution in [0.1, 0.15) is 42.3 Å². The average Bonchev–Trinajstić information content (AvgIpc) is 3.13. The molecule has 9 nitrogen and oxygen atoms in total. The van der Waals surface area contributed by atoms with Crippen molar-refractivity contribution in [2.75, 3.05) is 36.4 Å². The van der Waals surface area contributed by atoms with Crippen LogP contribution in [0.25, 0.3) is 11.1 Å². The molecule has 1 aromatic heterocycles. The molecule has 0 aliphatic heterocycles. The number of anilines is 2. The smallest absolute Gasteiger partial charge is 0.232 e. The molecular formula is C27H36N4O5S. The first-order valence-electron chi connectivity index (χ1n) is 12.2. The van der Waals surface area contributed by atoms with E-state index < -0.39 is 10.0 Å². The summed E-state index contributed by atoms with van der Waals surface area (Å²) < 4.78 is 38.8. The number of hydrogen-bond acceptors (Lipinski definition) is 7. The van der Waals surface area contributed by atoms with Gasteiger partial charge in [0.15, 0.2) is 0 Å². The minimum absolute atomic E-state index is 0.0330. The van der Waals surface area contributed by atoms with E-state index in [1.165, 1.54) is 0 Å². The molecule has 0 aliphatic rings. The lowest BCUT2D eigenvalue weighted by atomic mass is 10.0. The number of ether oxygens (including phenoxy) is 1. The fourth-order valence-corrected chi connectivity index (χ4v) is 4.71. The second-order valence-corrected chi connectivity index (χ2v) is 11.5. The Bertz CT molecular complexity index is 1340. The van der Waals surface area contributed by atoms with Crippen molar-refractivity contribution in [1.29, 1.82) is 0 Å². The molecule has 0 radical (unpaired) electrons. The van der Waals surface area contributed by atoms with Crippen molar-refractivity contribution < 1.29 is 22.5 Å². The highest BCUT2D eigenvalue weighted by molar-refractivity contribution is 7.92. The number of amides is 1. The zero-order valence-electron chi connectivity index (χ0n) is 22.6. The third-order valence-corrected chi connectivity index (χ3v) is 7.16. The third-order valence-electron chi connectivity index (χ3n) is 5.86. The van der Waals surface area contributed by atoms with Crippen molar-refractivity contribution in [2.45, 2.75) is 47.5 Å². The van der Waals surface area contributed by atoms with Crippen LogP contribution in [-0.4, -0.2) is 50.8 Å². The molecule has 0 atom stereocenters. The van der Waals surface area contributed by atoms with Crippen molar-refractivity contribution in [1.82, 2.24) is 10.1 Å². The van der Waals surface area contributed by atoms with Crippen LogP contribution in [0.15, 0.2) is 34.9 Å². The molecule has 1 heterocycles. The van der Waals surface area contributed by atoms with Crippen molar-refractivity contribution in [3.8, 4) is 22.6 Å². The fraction of sp³-hybridized carbons (Fsp3) is 0.407. The van der Waals surface area contributed by atoms with E-state index in [0.29, 0.717) is 40.7 Å². The second-order valence-electron chi connectivity index (χ2n) is 9.45. The highest BCUT2D eigenvalue weighted by Gasteiger charge is 2.17. The van der Waals surface area contributed by atoms with E-state index in [-0.39, 0.29) is 11.7 Å². The van der Waals surface area contributed by atoms with Crippen molar-refractivity contribution >= 4 is 27.3 Å². The first kappa shape index (κ1) is 28.2. The van der Waals surface area contributed by atoms with Gasteiger partial charge in [-0.15, -0.1) is 0 Å². The van der Waals surface area contributed by atoms with E-state index in [9.17, 15) is 13.2 Å². The van der Waals surface area contributed by atoms with Crippen molar-refractivity contribution in [3.05, 3.63) is 52.9 Å². The largest absolute Gasteiger partial charge is 0.457 e. The van der Waals surface area contributed by atoms with Gasteiger partial charge in [0.2, 0.25) is 15.9 Å². The molecule has 2 aromatic carbocycles. The normalized spacial score (nSPS) is 11.6. The number of rotatable bonds is 11. The average molecular weight is 529 g/mol. The standard InChI is InChI=1S/C27H36N4O5S/c1-8-37(33,34)30-23-14-21(26-19(4)29-36-20(26)5)15-24(16-23)35-27-17(2)12-22(13-18(27)3)28-25(32)10-9-11-31(6)7/h12-16,30H,8-11H2,1-7H3,(H,28,32). The summed E-state index contributed by atoms with van der Waals surface area (Å²) in [6.07, 6.45) is 1.23. The first-order valence-corrected chi connectivity index (χ1v) is 13.9. The van der Waals surface area contributed by atoms with Crippen LogP contribution >= 0.6 is 0 Å². The van der Waals surface area contributed by atoms with Crippen LogP contribution in [-0.2, 0) is 14.8 Å². The molecule has 0 fully saturated rings. The Labute approximate surface area is 219 Å². The molecule has 2 N–H and O–H groups in total. The van der Waals surface area contributed by atoms with Gasteiger partial charge in [0.05, 0.1) is 17.1 Å². The zero-order valence-corrected chi connectivity index (χ0v) is 23.4. The number of hydrogen-bond donors (Lipinski definition) is 2. The molecule has 0 unspecified atom stereocenters. The Balaban J connectivity index is 1.91. The summed E-state index contributed by atoms with van der Waals surface area (Å²) in [7, 11) is 0.462. The lowest BCUT2D eigenvalue weighted by Crippen LogP contribution is -2.17. The number of aromatic nitrogens is 1. The Morgan fingerprint density at radius 3 is 2.27 bits per heavy atom. The van der Waals surface area contributed by atoms with Crippen LogP contribution in [0.5, 0.6) is 11.5 Å². The Morgan fingerprint density at radius 1 is 1.03 bits per heavy atom. The van der Waals surface area contributed by atoms with E-state index in [1.807, 2.05) is 58.0 Å². The molecule has 3 aromatic rings. The number of carbonyl (C=O) groups is 1. The summed E-state index contributed by atoms with van der Waals surface area (Å²) in [5.41, 5.74) is 4.95. The Hall–Kier alpha value is -3.37. The second kappa shape index (κ2) is 11.8. The SMILES string of the molecule is CCS(=O)(=O)Nc1cc(Oc2c(C)cc(NC(=O)CCCN(C)C)cc2C)cc(-c2c(C)noc2C)c1. The van der Waals surface area contributed by atoms with Gasteiger partial charge in [-0.05, 0) is 103 Å². The van der Waals surface area contributed by atoms with Crippen LogP contribution in [0.4, 0.5) is 11.4 Å². The molecule has 10 heteroatoms. The molecule has 0 saturated heterocycles. The summed E-state index contributed by atoms with van der Waals surface area (Å²) >= 11 is 0. The van der Waals surface area contributed by atoms with Crippen molar-refractivity contribution in [3.63, 3.8) is 0 Å². The quantitative estimate of drug-likeness (QED) is 0.342. The molecular weight excluding hydrogens is 492 g/mol. The maximum atomic E-state index is 12.3. The van der Waals surface area contributed by atoms with Gasteiger partial charge in [0.1, 0.15) is 17.3 Å². The van der Waals surface area contributed by atoms with Gasteiger partial charge >= 0.3 is 0 Å². The van der Waals surface area contributed by atoms with Gasteiger partial charge in [0, 0.05) is 23.7 Å². The molecule has 3 rings (SSSR count). The van der Waals surface area contributed by atoms with Crippen molar-refractivity contribution in [2.24, 2.45) is 0 Å². The van der Waals surface area contributed by atoms with Crippen LogP contribution < -0.4 is 14.8 Å². The minimum atomic E-state index is -3.50. The summed E-state index contributed by atoms with van der Waals surface area (Å²) in [4.78, 5) is 14.4. The third kappa shape index (κ3) is 7.56. The summed E-state index contributed by atoms with van der Waals surface area (Å²) in [5, 5.41) is 6.99. The first-order chi connectivity index (χ1) is 17.4. The maximum absolute atomic E-state index is 12.3. The molecule has 1 amide bonds. The lowest BCUT2D eigenvalue weighted by molar-refractivity contribution is -0.116. The monoisotopic (exact) mass is 528 g/mol. The van der Waals surface area contributed by atoms with Gasteiger partial charge in [-0.3, -0.25) is 9.52 Å². The Kier molecular flexibility index (Phi) is 8.98. The molecule has 0 bridgehead atoms. The number of benzene rings is 2. The number of aryl methyl sites for hydroxylation is 4. The highest BCUT2D eigenvalue weighted by Crippen LogP contribution is 2.37. The van der Waals surface area contributed by atoms with E-state index in [1.54, 1.807) is 26.0 Å². The van der Waals surface area contributed by atoms with E-state index in [2.05, 4.69) is 15.2 Å². The summed E-state index contributed by atoms with van der Waals surface area (Å²) in [6, 6.07) is 8.95. The molecule has 0 aliphatic carbocycles. The van der Waals surface area contributed by atoms with E-state index in [0.717, 1.165) is 35.2 Å². The predicted octanol–water partition coefficient (Wildman–Crippen LogP) is 5.41. The van der Waals surface area contributed by atoms with Crippen LogP contribution in [0, 0.1) is 27.7 Å². The van der Waals surface area contributed by atoms with Gasteiger partial charge in [-0.2, -0.15) is 0 Å². The maximum Gasteiger partial charge on any atom is 0.232 e. The topological polar surface area (TPSA) is 114 Å². The Morgan fingerprint density at radius 2 is 1.70 bits per heavy atom. The molecule has 37 heavy (non-hydrogen) atoms. The van der Waals surface area contributed by atoms with Gasteiger partial charge in [-0.1, -0.05) is 5.16 Å². The van der Waals surface area contributed by atoms with E-state index in [4.69, 9.17) is 9.26 Å². The fourth-order valence-electron chi connectivity index (χ4n) is 4.09. The molecule has 200 valence electrons. The van der Waals surface area contributed by atoms with Crippen LogP contribution in [0.3, 0.4) is 0 Å². The zero-order chi connectivity index (χ0) is 27.3. The number of sulfonamides is 1. The van der Waals surface area contributed by atoms with Gasteiger partial charge in [0.25, 0.3) is 0 Å². The highest BCUT2D eigenvalue weighted by atomic mass is 32.2. The van der Waals surface area contributed by atoms with Gasteiger partial charge in [-0.25, -0.2) is 8.42 Å². The number of nitrogens with one attached hydrogen (secondary N) is 2. The van der Waals surface area contributed by atoms with E-state index >= 15 is 0 Å². The molecule has 0 spiro atoms. The summed E-state index contributed by atoms with van der Waals surface area (Å²) in [6.45, 7) is 9.87.